The fourth-order valence-corrected chi connectivity index (χ4v) is 3.76. The second-order valence-corrected chi connectivity index (χ2v) is 8.67. The number of hydrogen-bond donors (Lipinski definition) is 1. The van der Waals surface area contributed by atoms with Gasteiger partial charge in [0.1, 0.15) is 18.0 Å². The van der Waals surface area contributed by atoms with E-state index >= 15 is 0 Å². The number of amides is 1. The molecule has 162 valence electrons. The lowest BCUT2D eigenvalue weighted by molar-refractivity contribution is -0.384. The van der Waals surface area contributed by atoms with Crippen LogP contribution in [0.1, 0.15) is 31.0 Å². The van der Waals surface area contributed by atoms with Gasteiger partial charge in [-0.05, 0) is 30.5 Å². The Labute approximate surface area is 175 Å². The molecule has 1 N–H and O–H groups in total. The van der Waals surface area contributed by atoms with Gasteiger partial charge in [-0.1, -0.05) is 31.2 Å². The van der Waals surface area contributed by atoms with Crippen LogP contribution in [0, 0.1) is 10.1 Å². The Bertz CT molecular complexity index is 1020. The number of nitrogens with one attached hydrogen (secondary N) is 1. The molecular formula is C20H25N3O6S. The Balaban J connectivity index is 2.28. The zero-order valence-corrected chi connectivity index (χ0v) is 18.1. The standard InChI is InChI=1S/C20H25N3O6S/c1-5-15-6-8-16(9-7-15)14(2)21-20(24)13-22(30(4,27)28)18-12-17(23(25)26)10-11-19(18)29-3/h6-12,14H,5,13H2,1-4H3,(H,21,24)/t14-/m0/s1. The van der Waals surface area contributed by atoms with Crippen molar-refractivity contribution in [3.8, 4) is 5.75 Å². The Kier molecular flexibility index (Phi) is 7.38. The van der Waals surface area contributed by atoms with Crippen molar-refractivity contribution >= 4 is 27.3 Å². The number of benzene rings is 2. The fraction of sp³-hybridized carbons (Fsp3) is 0.350. The maximum Gasteiger partial charge on any atom is 0.271 e. The molecule has 1 atom stereocenters. The molecule has 0 radical (unpaired) electrons. The van der Waals surface area contributed by atoms with Crippen LogP contribution < -0.4 is 14.4 Å². The van der Waals surface area contributed by atoms with Crippen LogP contribution >= 0.6 is 0 Å². The van der Waals surface area contributed by atoms with E-state index in [-0.39, 0.29) is 23.2 Å². The van der Waals surface area contributed by atoms with Crippen molar-refractivity contribution in [2.45, 2.75) is 26.3 Å². The molecule has 2 aromatic rings. The molecule has 1 amide bonds. The molecule has 0 aliphatic rings. The van der Waals surface area contributed by atoms with Gasteiger partial charge in [-0.2, -0.15) is 0 Å². The van der Waals surface area contributed by atoms with Gasteiger partial charge in [0.05, 0.1) is 24.3 Å². The number of rotatable bonds is 9. The predicted octanol–water partition coefficient (Wildman–Crippen LogP) is 2.81. The normalized spacial score (nSPS) is 12.1. The number of anilines is 1. The molecular weight excluding hydrogens is 410 g/mol. The van der Waals surface area contributed by atoms with Gasteiger partial charge < -0.3 is 10.1 Å². The van der Waals surface area contributed by atoms with Crippen molar-refractivity contribution in [2.24, 2.45) is 0 Å². The summed E-state index contributed by atoms with van der Waals surface area (Å²) < 4.78 is 30.7. The van der Waals surface area contributed by atoms with E-state index in [4.69, 9.17) is 4.74 Å². The van der Waals surface area contributed by atoms with Crippen molar-refractivity contribution in [2.75, 3.05) is 24.2 Å². The number of hydrogen-bond acceptors (Lipinski definition) is 6. The molecule has 0 aliphatic carbocycles. The summed E-state index contributed by atoms with van der Waals surface area (Å²) in [5.74, 6) is -0.455. The topological polar surface area (TPSA) is 119 Å². The average Bonchev–Trinajstić information content (AvgIpc) is 2.70. The number of carbonyl (C=O) groups excluding carboxylic acids is 1. The van der Waals surface area contributed by atoms with Crippen molar-refractivity contribution in [1.29, 1.82) is 0 Å². The van der Waals surface area contributed by atoms with Gasteiger partial charge in [0, 0.05) is 12.1 Å². The van der Waals surface area contributed by atoms with Crippen molar-refractivity contribution in [1.82, 2.24) is 5.32 Å². The highest BCUT2D eigenvalue weighted by Crippen LogP contribution is 2.33. The van der Waals surface area contributed by atoms with Crippen LogP contribution in [0.3, 0.4) is 0 Å². The maximum absolute atomic E-state index is 12.6. The van der Waals surface area contributed by atoms with Crippen LogP contribution in [-0.4, -0.2) is 39.2 Å². The summed E-state index contributed by atoms with van der Waals surface area (Å²) in [5, 5.41) is 13.9. The van der Waals surface area contributed by atoms with E-state index in [9.17, 15) is 23.3 Å². The number of non-ortho nitro benzene ring substituents is 1. The first-order chi connectivity index (χ1) is 14.1. The largest absolute Gasteiger partial charge is 0.495 e. The summed E-state index contributed by atoms with van der Waals surface area (Å²) in [6, 6.07) is 11.0. The quantitative estimate of drug-likeness (QED) is 0.478. The molecule has 2 rings (SSSR count). The number of nitro benzene ring substituents is 1. The highest BCUT2D eigenvalue weighted by Gasteiger charge is 2.26. The molecule has 0 bridgehead atoms. The van der Waals surface area contributed by atoms with Gasteiger partial charge in [-0.3, -0.25) is 19.2 Å². The zero-order chi connectivity index (χ0) is 22.5. The van der Waals surface area contributed by atoms with Gasteiger partial charge in [0.15, 0.2) is 0 Å². The number of methoxy groups -OCH3 is 1. The first kappa shape index (κ1) is 23.1. The molecule has 10 heteroatoms. The minimum absolute atomic E-state index is 0.0794. The zero-order valence-electron chi connectivity index (χ0n) is 17.3. The molecule has 0 fully saturated rings. The van der Waals surface area contributed by atoms with Gasteiger partial charge >= 0.3 is 0 Å². The van der Waals surface area contributed by atoms with Crippen LogP contribution in [0.15, 0.2) is 42.5 Å². The second kappa shape index (κ2) is 9.57. The first-order valence-corrected chi connectivity index (χ1v) is 11.1. The smallest absolute Gasteiger partial charge is 0.271 e. The van der Waals surface area contributed by atoms with Gasteiger partial charge in [-0.25, -0.2) is 8.42 Å². The minimum Gasteiger partial charge on any atom is -0.495 e. The van der Waals surface area contributed by atoms with Crippen molar-refractivity contribution in [3.63, 3.8) is 0 Å². The number of nitro groups is 1. The highest BCUT2D eigenvalue weighted by atomic mass is 32.2. The first-order valence-electron chi connectivity index (χ1n) is 9.25. The third-order valence-electron chi connectivity index (χ3n) is 4.59. The summed E-state index contributed by atoms with van der Waals surface area (Å²) >= 11 is 0. The monoisotopic (exact) mass is 435 g/mol. The number of sulfonamides is 1. The molecule has 0 unspecified atom stereocenters. The van der Waals surface area contributed by atoms with Crippen LogP contribution in [0.25, 0.3) is 0 Å². The van der Waals surface area contributed by atoms with Gasteiger partial charge in [0.2, 0.25) is 15.9 Å². The third kappa shape index (κ3) is 5.69. The van der Waals surface area contributed by atoms with E-state index in [1.807, 2.05) is 31.2 Å². The van der Waals surface area contributed by atoms with Crippen LogP contribution in [0.5, 0.6) is 5.75 Å². The summed E-state index contributed by atoms with van der Waals surface area (Å²) in [4.78, 5) is 23.1. The summed E-state index contributed by atoms with van der Waals surface area (Å²) in [6.45, 7) is 3.29. The summed E-state index contributed by atoms with van der Waals surface area (Å²) in [5.41, 5.74) is 1.64. The second-order valence-electron chi connectivity index (χ2n) is 6.77. The Morgan fingerprint density at radius 3 is 2.37 bits per heavy atom. The van der Waals surface area contributed by atoms with E-state index < -0.39 is 27.4 Å². The van der Waals surface area contributed by atoms with Crippen LogP contribution in [0.2, 0.25) is 0 Å². The lowest BCUT2D eigenvalue weighted by Crippen LogP contribution is -2.41. The molecule has 30 heavy (non-hydrogen) atoms. The summed E-state index contributed by atoms with van der Waals surface area (Å²) in [6.07, 6.45) is 1.82. The number of nitrogens with zero attached hydrogens (tertiary/aromatic N) is 2. The van der Waals surface area contributed by atoms with E-state index in [2.05, 4.69) is 5.32 Å². The third-order valence-corrected chi connectivity index (χ3v) is 5.72. The average molecular weight is 436 g/mol. The van der Waals surface area contributed by atoms with Gasteiger partial charge in [-0.15, -0.1) is 0 Å². The minimum atomic E-state index is -3.93. The number of carbonyl (C=O) groups is 1. The van der Waals surface area contributed by atoms with E-state index in [0.29, 0.717) is 0 Å². The molecule has 0 aliphatic heterocycles. The lowest BCUT2D eigenvalue weighted by Gasteiger charge is -2.24. The fourth-order valence-electron chi connectivity index (χ4n) is 2.91. The van der Waals surface area contributed by atoms with E-state index in [0.717, 1.165) is 28.6 Å². The molecule has 0 saturated carbocycles. The maximum atomic E-state index is 12.6. The molecule has 2 aromatic carbocycles. The Morgan fingerprint density at radius 1 is 1.23 bits per heavy atom. The molecule has 0 saturated heterocycles. The Morgan fingerprint density at radius 2 is 1.87 bits per heavy atom. The molecule has 0 aromatic heterocycles. The molecule has 9 nitrogen and oxygen atoms in total. The van der Waals surface area contributed by atoms with Crippen LogP contribution in [0.4, 0.5) is 11.4 Å². The van der Waals surface area contributed by atoms with Crippen molar-refractivity contribution < 1.29 is 22.9 Å². The molecule has 0 heterocycles. The SMILES string of the molecule is CCc1ccc([C@H](C)NC(=O)CN(c2cc([N+](=O)[O-])ccc2OC)S(C)(=O)=O)cc1. The lowest BCUT2D eigenvalue weighted by atomic mass is 10.1. The predicted molar refractivity (Wildman–Crippen MR) is 114 cm³/mol. The van der Waals surface area contributed by atoms with Crippen molar-refractivity contribution in [3.05, 3.63) is 63.7 Å². The Hall–Kier alpha value is -3.14. The highest BCUT2D eigenvalue weighted by molar-refractivity contribution is 7.92. The van der Waals surface area contributed by atoms with E-state index in [1.165, 1.54) is 24.8 Å². The van der Waals surface area contributed by atoms with Gasteiger partial charge in [0.25, 0.3) is 5.69 Å². The van der Waals surface area contributed by atoms with E-state index in [1.54, 1.807) is 6.92 Å². The van der Waals surface area contributed by atoms with Crippen LogP contribution in [-0.2, 0) is 21.2 Å². The number of ether oxygens (including phenoxy) is 1. The number of aryl methyl sites for hydroxylation is 1. The molecule has 0 spiro atoms. The summed E-state index contributed by atoms with van der Waals surface area (Å²) in [7, 11) is -2.61.